The zero-order valence-corrected chi connectivity index (χ0v) is 12.5. The van der Waals surface area contributed by atoms with Crippen LogP contribution >= 0.6 is 0 Å². The van der Waals surface area contributed by atoms with E-state index >= 15 is 0 Å². The first-order chi connectivity index (χ1) is 10.6. The molecule has 1 aromatic carbocycles. The van der Waals surface area contributed by atoms with Crippen LogP contribution in [0.2, 0.25) is 0 Å². The quantitative estimate of drug-likeness (QED) is 0.898. The summed E-state index contributed by atoms with van der Waals surface area (Å²) in [4.78, 5) is 18.1. The summed E-state index contributed by atoms with van der Waals surface area (Å²) in [5.74, 6) is -0.229. The minimum absolute atomic E-state index is 0.183. The van der Waals surface area contributed by atoms with Crippen LogP contribution in [0.3, 0.4) is 0 Å². The molecular weight excluding hydrogens is 278 g/mol. The van der Waals surface area contributed by atoms with Gasteiger partial charge in [-0.1, -0.05) is 12.1 Å². The first kappa shape index (κ1) is 14.5. The molecule has 3 rings (SSSR count). The van der Waals surface area contributed by atoms with E-state index < -0.39 is 6.10 Å². The van der Waals surface area contributed by atoms with Crippen molar-refractivity contribution in [3.8, 4) is 0 Å². The molecule has 1 aromatic heterocycles. The Morgan fingerprint density at radius 3 is 3.09 bits per heavy atom. The Hall–Kier alpha value is -2.40. The van der Waals surface area contributed by atoms with Crippen LogP contribution in [-0.4, -0.2) is 36.1 Å². The first-order valence-electron chi connectivity index (χ1n) is 7.35. The molecule has 1 atom stereocenters. The van der Waals surface area contributed by atoms with Crippen LogP contribution in [0.4, 0.5) is 5.69 Å². The highest BCUT2D eigenvalue weighted by molar-refractivity contribution is 5.93. The van der Waals surface area contributed by atoms with Crippen molar-refractivity contribution >= 4 is 11.6 Å². The third-order valence-electron chi connectivity index (χ3n) is 4.00. The van der Waals surface area contributed by atoms with E-state index in [-0.39, 0.29) is 12.5 Å². The number of carbonyl (C=O) groups excluding carboxylic acids is 1. The van der Waals surface area contributed by atoms with E-state index in [4.69, 9.17) is 0 Å². The average Bonchev–Trinajstić information content (AvgIpc) is 2.93. The fourth-order valence-corrected chi connectivity index (χ4v) is 2.70. The standard InChI is InChI=1S/C17H19N3O2/c1-20-8-6-12-9-13(4-5-15(12)20)16(21)11-19-17(22)14-3-2-7-18-10-14/h2-5,7,9-10,16,21H,6,8,11H2,1H3,(H,19,22). The van der Waals surface area contributed by atoms with Crippen molar-refractivity contribution in [2.75, 3.05) is 25.0 Å². The summed E-state index contributed by atoms with van der Waals surface area (Å²) in [6.45, 7) is 1.19. The summed E-state index contributed by atoms with van der Waals surface area (Å²) >= 11 is 0. The van der Waals surface area contributed by atoms with Gasteiger partial charge in [0.2, 0.25) is 0 Å². The lowest BCUT2D eigenvalue weighted by atomic mass is 10.0. The van der Waals surface area contributed by atoms with Crippen LogP contribution in [0.15, 0.2) is 42.7 Å². The van der Waals surface area contributed by atoms with Gasteiger partial charge in [0, 0.05) is 38.2 Å². The molecular formula is C17H19N3O2. The number of pyridine rings is 1. The second-order valence-electron chi connectivity index (χ2n) is 5.53. The summed E-state index contributed by atoms with van der Waals surface area (Å²) in [6, 6.07) is 9.38. The Bertz CT molecular complexity index is 673. The molecule has 0 fully saturated rings. The number of fused-ring (bicyclic) bond motifs is 1. The van der Waals surface area contributed by atoms with Gasteiger partial charge in [-0.25, -0.2) is 0 Å². The molecule has 1 aliphatic rings. The summed E-state index contributed by atoms with van der Waals surface area (Å²) in [6.07, 6.45) is 3.41. The normalized spacial score (nSPS) is 14.5. The van der Waals surface area contributed by atoms with E-state index in [1.165, 1.54) is 17.4 Å². The zero-order valence-electron chi connectivity index (χ0n) is 12.5. The number of amides is 1. The van der Waals surface area contributed by atoms with Crippen molar-refractivity contribution in [1.82, 2.24) is 10.3 Å². The minimum Gasteiger partial charge on any atom is -0.387 e. The number of hydrogen-bond acceptors (Lipinski definition) is 4. The van der Waals surface area contributed by atoms with Gasteiger partial charge >= 0.3 is 0 Å². The smallest absolute Gasteiger partial charge is 0.252 e. The number of rotatable bonds is 4. The summed E-state index contributed by atoms with van der Waals surface area (Å²) in [7, 11) is 2.07. The molecule has 0 aliphatic carbocycles. The van der Waals surface area contributed by atoms with Crippen molar-refractivity contribution in [3.63, 3.8) is 0 Å². The molecule has 22 heavy (non-hydrogen) atoms. The fraction of sp³-hybridized carbons (Fsp3) is 0.294. The van der Waals surface area contributed by atoms with E-state index in [0.717, 1.165) is 18.5 Å². The van der Waals surface area contributed by atoms with Gasteiger partial charge in [-0.15, -0.1) is 0 Å². The minimum atomic E-state index is -0.711. The van der Waals surface area contributed by atoms with E-state index in [1.54, 1.807) is 18.3 Å². The third-order valence-corrected chi connectivity index (χ3v) is 4.00. The molecule has 0 spiro atoms. The molecule has 2 aromatic rings. The number of nitrogens with one attached hydrogen (secondary N) is 1. The Labute approximate surface area is 129 Å². The van der Waals surface area contributed by atoms with Gasteiger partial charge in [0.05, 0.1) is 11.7 Å². The van der Waals surface area contributed by atoms with Gasteiger partial charge in [0.1, 0.15) is 0 Å². The molecule has 2 N–H and O–H groups in total. The number of aliphatic hydroxyl groups excluding tert-OH is 1. The van der Waals surface area contributed by atoms with Gasteiger partial charge in [0.15, 0.2) is 0 Å². The van der Waals surface area contributed by atoms with E-state index in [2.05, 4.69) is 22.2 Å². The molecule has 1 unspecified atom stereocenters. The molecule has 1 aliphatic heterocycles. The van der Waals surface area contributed by atoms with Crippen molar-refractivity contribution < 1.29 is 9.90 Å². The summed E-state index contributed by atoms with van der Waals surface area (Å²) in [5.41, 5.74) is 3.79. The van der Waals surface area contributed by atoms with Crippen molar-refractivity contribution in [2.45, 2.75) is 12.5 Å². The predicted octanol–water partition coefficient (Wildman–Crippen LogP) is 1.54. The highest BCUT2D eigenvalue weighted by atomic mass is 16.3. The molecule has 1 amide bonds. The number of anilines is 1. The maximum absolute atomic E-state index is 11.9. The molecule has 0 saturated carbocycles. The molecule has 5 nitrogen and oxygen atoms in total. The largest absolute Gasteiger partial charge is 0.387 e. The van der Waals surface area contributed by atoms with E-state index in [1.807, 2.05) is 18.2 Å². The van der Waals surface area contributed by atoms with Crippen LogP contribution in [0, 0.1) is 0 Å². The SMILES string of the molecule is CN1CCc2cc(C(O)CNC(=O)c3cccnc3)ccc21. The fourth-order valence-electron chi connectivity index (χ4n) is 2.70. The molecule has 0 saturated heterocycles. The van der Waals surface area contributed by atoms with Crippen LogP contribution < -0.4 is 10.2 Å². The number of benzene rings is 1. The molecule has 0 bridgehead atoms. The van der Waals surface area contributed by atoms with Crippen molar-refractivity contribution in [3.05, 3.63) is 59.4 Å². The maximum Gasteiger partial charge on any atom is 0.252 e. The molecule has 2 heterocycles. The number of likely N-dealkylation sites (N-methyl/N-ethyl adjacent to an activating group) is 1. The lowest BCUT2D eigenvalue weighted by Gasteiger charge is -2.15. The van der Waals surface area contributed by atoms with Gasteiger partial charge in [-0.2, -0.15) is 0 Å². The Kier molecular flexibility index (Phi) is 4.06. The first-order valence-corrected chi connectivity index (χ1v) is 7.35. The summed E-state index contributed by atoms with van der Waals surface area (Å²) in [5, 5.41) is 13.0. The van der Waals surface area contributed by atoms with Gasteiger partial charge in [-0.3, -0.25) is 9.78 Å². The number of carbonyl (C=O) groups is 1. The van der Waals surface area contributed by atoms with Gasteiger partial charge in [-0.05, 0) is 35.7 Å². The van der Waals surface area contributed by atoms with E-state index in [9.17, 15) is 9.90 Å². The lowest BCUT2D eigenvalue weighted by Crippen LogP contribution is -2.28. The number of aromatic nitrogens is 1. The molecule has 114 valence electrons. The third kappa shape index (κ3) is 2.94. The number of hydrogen-bond donors (Lipinski definition) is 2. The monoisotopic (exact) mass is 297 g/mol. The molecule has 5 heteroatoms. The van der Waals surface area contributed by atoms with Crippen LogP contribution in [0.25, 0.3) is 0 Å². The summed E-state index contributed by atoms with van der Waals surface area (Å²) < 4.78 is 0. The van der Waals surface area contributed by atoms with Crippen LogP contribution in [0.5, 0.6) is 0 Å². The van der Waals surface area contributed by atoms with Crippen molar-refractivity contribution in [2.24, 2.45) is 0 Å². The Morgan fingerprint density at radius 2 is 2.32 bits per heavy atom. The average molecular weight is 297 g/mol. The Morgan fingerprint density at radius 1 is 1.45 bits per heavy atom. The lowest BCUT2D eigenvalue weighted by molar-refractivity contribution is 0.0916. The van der Waals surface area contributed by atoms with Gasteiger partial charge in [0.25, 0.3) is 5.91 Å². The molecule has 0 radical (unpaired) electrons. The van der Waals surface area contributed by atoms with Crippen LogP contribution in [0.1, 0.15) is 27.6 Å². The number of aliphatic hydroxyl groups is 1. The van der Waals surface area contributed by atoms with Crippen LogP contribution in [-0.2, 0) is 6.42 Å². The predicted molar refractivity (Wildman–Crippen MR) is 84.9 cm³/mol. The maximum atomic E-state index is 11.9. The topological polar surface area (TPSA) is 65.5 Å². The van der Waals surface area contributed by atoms with Crippen molar-refractivity contribution in [1.29, 1.82) is 0 Å². The second kappa shape index (κ2) is 6.15. The van der Waals surface area contributed by atoms with Gasteiger partial charge < -0.3 is 15.3 Å². The number of nitrogens with zero attached hydrogens (tertiary/aromatic N) is 2. The zero-order chi connectivity index (χ0) is 15.5. The Balaban J connectivity index is 1.63. The second-order valence-corrected chi connectivity index (χ2v) is 5.53. The highest BCUT2D eigenvalue weighted by Gasteiger charge is 2.18. The highest BCUT2D eigenvalue weighted by Crippen LogP contribution is 2.29. The van der Waals surface area contributed by atoms with E-state index in [0.29, 0.717) is 5.56 Å².